The Morgan fingerprint density at radius 3 is 2.36 bits per heavy atom. The van der Waals surface area contributed by atoms with Crippen molar-refractivity contribution in [1.82, 2.24) is 15.3 Å². The van der Waals surface area contributed by atoms with Gasteiger partial charge in [0, 0.05) is 39.2 Å². The predicted octanol–water partition coefficient (Wildman–Crippen LogP) is 2.48. The Bertz CT molecular complexity index is 632. The highest BCUT2D eigenvalue weighted by molar-refractivity contribution is 5.90. The van der Waals surface area contributed by atoms with Crippen molar-refractivity contribution in [2.45, 2.75) is 20.4 Å². The second-order valence-corrected chi connectivity index (χ2v) is 5.38. The molecule has 6 heteroatoms. The molecule has 0 saturated heterocycles. The van der Waals surface area contributed by atoms with Crippen molar-refractivity contribution < 1.29 is 4.79 Å². The van der Waals surface area contributed by atoms with E-state index >= 15 is 0 Å². The van der Waals surface area contributed by atoms with Gasteiger partial charge in [0.25, 0.3) is 0 Å². The molecule has 2 aromatic rings. The van der Waals surface area contributed by atoms with Crippen LogP contribution in [0.3, 0.4) is 0 Å². The van der Waals surface area contributed by atoms with E-state index in [1.807, 2.05) is 45.0 Å². The smallest absolute Gasteiger partial charge is 0.319 e. The van der Waals surface area contributed by atoms with Gasteiger partial charge in [0.2, 0.25) is 0 Å². The highest BCUT2D eigenvalue weighted by Crippen LogP contribution is 2.17. The molecule has 2 aromatic heterocycles. The van der Waals surface area contributed by atoms with Crippen molar-refractivity contribution in [2.24, 2.45) is 0 Å². The molecule has 0 aliphatic carbocycles. The van der Waals surface area contributed by atoms with Gasteiger partial charge in [0.1, 0.15) is 5.82 Å². The summed E-state index contributed by atoms with van der Waals surface area (Å²) in [5.74, 6) is 0.885. The zero-order valence-corrected chi connectivity index (χ0v) is 13.3. The first-order chi connectivity index (χ1) is 10.5. The van der Waals surface area contributed by atoms with E-state index in [1.165, 1.54) is 0 Å². The number of hydrogen-bond donors (Lipinski definition) is 2. The van der Waals surface area contributed by atoms with Crippen LogP contribution in [0.25, 0.3) is 0 Å². The number of nitrogens with zero attached hydrogens (tertiary/aromatic N) is 3. The van der Waals surface area contributed by atoms with Crippen LogP contribution in [0.15, 0.2) is 30.7 Å². The van der Waals surface area contributed by atoms with Gasteiger partial charge >= 0.3 is 6.03 Å². The van der Waals surface area contributed by atoms with Crippen LogP contribution >= 0.6 is 0 Å². The molecule has 0 radical (unpaired) electrons. The second kappa shape index (κ2) is 6.89. The standard InChI is InChI=1S/C16H21N5O/c1-11-7-17-8-12(2)15(11)20-16(22)19-10-13-5-6-14(18-9-13)21(3)4/h5-9H,10H2,1-4H3,(H2,17,19,20,22). The van der Waals surface area contributed by atoms with Crippen LogP contribution in [0.4, 0.5) is 16.3 Å². The molecule has 22 heavy (non-hydrogen) atoms. The highest BCUT2D eigenvalue weighted by Gasteiger charge is 2.07. The highest BCUT2D eigenvalue weighted by atomic mass is 16.2. The number of carbonyl (C=O) groups is 1. The summed E-state index contributed by atoms with van der Waals surface area (Å²) in [7, 11) is 3.88. The van der Waals surface area contributed by atoms with E-state index in [0.29, 0.717) is 6.54 Å². The third-order valence-electron chi connectivity index (χ3n) is 3.28. The van der Waals surface area contributed by atoms with Crippen LogP contribution in [-0.4, -0.2) is 30.1 Å². The van der Waals surface area contributed by atoms with E-state index in [0.717, 1.165) is 28.2 Å². The summed E-state index contributed by atoms with van der Waals surface area (Å²) in [4.78, 5) is 22.3. The molecule has 0 aliphatic heterocycles. The van der Waals surface area contributed by atoms with Gasteiger partial charge in [0.15, 0.2) is 0 Å². The van der Waals surface area contributed by atoms with Crippen LogP contribution in [0.1, 0.15) is 16.7 Å². The Morgan fingerprint density at radius 1 is 1.14 bits per heavy atom. The number of pyridine rings is 2. The van der Waals surface area contributed by atoms with Gasteiger partial charge in [-0.1, -0.05) is 6.07 Å². The van der Waals surface area contributed by atoms with Crippen LogP contribution in [-0.2, 0) is 6.54 Å². The molecule has 0 spiro atoms. The summed E-state index contributed by atoms with van der Waals surface area (Å²) in [5.41, 5.74) is 3.62. The number of nitrogens with one attached hydrogen (secondary N) is 2. The summed E-state index contributed by atoms with van der Waals surface area (Å²) in [6.07, 6.45) is 5.22. The number of rotatable bonds is 4. The first-order valence-electron chi connectivity index (χ1n) is 7.05. The zero-order chi connectivity index (χ0) is 16.1. The predicted molar refractivity (Wildman–Crippen MR) is 88.1 cm³/mol. The van der Waals surface area contributed by atoms with E-state index in [4.69, 9.17) is 0 Å². The monoisotopic (exact) mass is 299 g/mol. The first kappa shape index (κ1) is 15.8. The fraction of sp³-hybridized carbons (Fsp3) is 0.312. The fourth-order valence-electron chi connectivity index (χ4n) is 2.02. The van der Waals surface area contributed by atoms with Crippen molar-refractivity contribution in [2.75, 3.05) is 24.3 Å². The lowest BCUT2D eigenvalue weighted by molar-refractivity contribution is 0.251. The van der Waals surface area contributed by atoms with Crippen molar-refractivity contribution in [3.8, 4) is 0 Å². The molecule has 2 rings (SSSR count). The van der Waals surface area contributed by atoms with Gasteiger partial charge in [-0.05, 0) is 36.6 Å². The number of amides is 2. The molecule has 0 fully saturated rings. The minimum absolute atomic E-state index is 0.242. The molecule has 0 aliphatic rings. The Balaban J connectivity index is 1.93. The van der Waals surface area contributed by atoms with Crippen LogP contribution in [0.2, 0.25) is 0 Å². The quantitative estimate of drug-likeness (QED) is 0.910. The van der Waals surface area contributed by atoms with E-state index in [2.05, 4.69) is 20.6 Å². The maximum Gasteiger partial charge on any atom is 0.319 e. The van der Waals surface area contributed by atoms with Gasteiger partial charge in [-0.2, -0.15) is 0 Å². The van der Waals surface area contributed by atoms with E-state index in [9.17, 15) is 4.79 Å². The maximum atomic E-state index is 12.0. The molecule has 0 aromatic carbocycles. The van der Waals surface area contributed by atoms with Gasteiger partial charge in [-0.3, -0.25) is 4.98 Å². The fourth-order valence-corrected chi connectivity index (χ4v) is 2.02. The molecular weight excluding hydrogens is 278 g/mol. The van der Waals surface area contributed by atoms with Crippen molar-refractivity contribution >= 4 is 17.5 Å². The number of aromatic nitrogens is 2. The summed E-state index contributed by atoms with van der Waals surface area (Å²) in [5, 5.41) is 5.69. The third-order valence-corrected chi connectivity index (χ3v) is 3.28. The molecule has 6 nitrogen and oxygen atoms in total. The van der Waals surface area contributed by atoms with E-state index in [-0.39, 0.29) is 6.03 Å². The number of anilines is 2. The lowest BCUT2D eigenvalue weighted by Crippen LogP contribution is -2.29. The molecule has 116 valence electrons. The Morgan fingerprint density at radius 2 is 1.82 bits per heavy atom. The van der Waals surface area contributed by atoms with Crippen LogP contribution in [0.5, 0.6) is 0 Å². The normalized spacial score (nSPS) is 10.2. The molecule has 0 unspecified atom stereocenters. The molecule has 0 bridgehead atoms. The van der Waals surface area contributed by atoms with Gasteiger partial charge in [0.05, 0.1) is 5.69 Å². The van der Waals surface area contributed by atoms with E-state index in [1.54, 1.807) is 18.6 Å². The SMILES string of the molecule is Cc1cncc(C)c1NC(=O)NCc1ccc(N(C)C)nc1. The molecule has 0 atom stereocenters. The molecule has 2 amide bonds. The minimum atomic E-state index is -0.242. The Kier molecular flexibility index (Phi) is 4.93. The first-order valence-corrected chi connectivity index (χ1v) is 7.05. The summed E-state index contributed by atoms with van der Waals surface area (Å²) >= 11 is 0. The Labute approximate surface area is 130 Å². The second-order valence-electron chi connectivity index (χ2n) is 5.38. The van der Waals surface area contributed by atoms with Gasteiger partial charge < -0.3 is 15.5 Å². The third kappa shape index (κ3) is 3.94. The van der Waals surface area contributed by atoms with Crippen LogP contribution < -0.4 is 15.5 Å². The number of hydrogen-bond acceptors (Lipinski definition) is 4. The van der Waals surface area contributed by atoms with E-state index < -0.39 is 0 Å². The van der Waals surface area contributed by atoms with Crippen LogP contribution in [0, 0.1) is 13.8 Å². The Hall–Kier alpha value is -2.63. The zero-order valence-electron chi connectivity index (χ0n) is 13.3. The molecule has 2 heterocycles. The summed E-state index contributed by atoms with van der Waals surface area (Å²) in [6, 6.07) is 3.63. The molecule has 0 saturated carbocycles. The number of carbonyl (C=O) groups excluding carboxylic acids is 1. The lowest BCUT2D eigenvalue weighted by Gasteiger charge is -2.13. The average Bonchev–Trinajstić information content (AvgIpc) is 2.49. The summed E-state index contributed by atoms with van der Waals surface area (Å²) in [6.45, 7) is 4.26. The molecule has 2 N–H and O–H groups in total. The maximum absolute atomic E-state index is 12.0. The number of aryl methyl sites for hydroxylation is 2. The van der Waals surface area contributed by atoms with Crippen molar-refractivity contribution in [3.63, 3.8) is 0 Å². The van der Waals surface area contributed by atoms with Crippen molar-refractivity contribution in [1.29, 1.82) is 0 Å². The topological polar surface area (TPSA) is 70.2 Å². The largest absolute Gasteiger partial charge is 0.363 e. The van der Waals surface area contributed by atoms with Gasteiger partial charge in [-0.15, -0.1) is 0 Å². The molecular formula is C16H21N5O. The summed E-state index contributed by atoms with van der Waals surface area (Å²) < 4.78 is 0. The lowest BCUT2D eigenvalue weighted by atomic mass is 10.2. The average molecular weight is 299 g/mol. The minimum Gasteiger partial charge on any atom is -0.363 e. The van der Waals surface area contributed by atoms with Gasteiger partial charge in [-0.25, -0.2) is 9.78 Å². The van der Waals surface area contributed by atoms with Crippen molar-refractivity contribution in [3.05, 3.63) is 47.4 Å². The number of urea groups is 1.